The number of amides is 1. The molecule has 3 aromatic carbocycles. The monoisotopic (exact) mass is 565 g/mol. The first-order valence-corrected chi connectivity index (χ1v) is 13.5. The molecule has 1 fully saturated rings. The Hall–Kier alpha value is -3.20. The minimum Gasteiger partial charge on any atom is -0.392 e. The lowest BCUT2D eigenvalue weighted by Crippen LogP contribution is -2.32. The van der Waals surface area contributed by atoms with Gasteiger partial charge >= 0.3 is 0 Å². The van der Waals surface area contributed by atoms with Gasteiger partial charge in [0.2, 0.25) is 5.91 Å². The van der Waals surface area contributed by atoms with Gasteiger partial charge in [-0.15, -0.1) is 0 Å². The number of aliphatic hydroxyl groups is 1. The molecule has 3 atom stereocenters. The van der Waals surface area contributed by atoms with Crippen molar-refractivity contribution in [1.29, 1.82) is 0 Å². The molecule has 0 radical (unpaired) electrons. The number of rotatable bonds is 8. The Labute approximate surface area is 237 Å². The lowest BCUT2D eigenvalue weighted by Gasteiger charge is -2.36. The van der Waals surface area contributed by atoms with Gasteiger partial charge in [0.25, 0.3) is 0 Å². The summed E-state index contributed by atoms with van der Waals surface area (Å²) in [6, 6.07) is 23.9. The van der Waals surface area contributed by atoms with Crippen LogP contribution in [-0.4, -0.2) is 26.7 Å². The van der Waals surface area contributed by atoms with Gasteiger partial charge in [0, 0.05) is 25.5 Å². The van der Waals surface area contributed by atoms with Crippen LogP contribution in [0.2, 0.25) is 10.3 Å². The number of ether oxygens (including phenoxy) is 2. The van der Waals surface area contributed by atoms with Gasteiger partial charge in [0.15, 0.2) is 11.4 Å². The van der Waals surface area contributed by atoms with Crippen molar-refractivity contribution in [3.63, 3.8) is 0 Å². The third kappa shape index (κ3) is 6.69. The van der Waals surface area contributed by atoms with Gasteiger partial charge in [-0.05, 0) is 39.9 Å². The number of halogens is 2. The van der Waals surface area contributed by atoms with Crippen LogP contribution in [0.5, 0.6) is 0 Å². The third-order valence-corrected chi connectivity index (χ3v) is 7.48. The maximum absolute atomic E-state index is 11.3. The minimum atomic E-state index is -0.619. The van der Waals surface area contributed by atoms with Crippen molar-refractivity contribution in [2.45, 2.75) is 51.5 Å². The van der Waals surface area contributed by atoms with E-state index in [0.717, 1.165) is 33.4 Å². The lowest BCUT2D eigenvalue weighted by atomic mass is 9.98. The number of hydrogen-bond donors (Lipinski definition) is 2. The van der Waals surface area contributed by atoms with Crippen LogP contribution in [0.25, 0.3) is 11.1 Å². The average Bonchev–Trinajstić information content (AvgIpc) is 3.28. The van der Waals surface area contributed by atoms with Crippen molar-refractivity contribution < 1.29 is 19.4 Å². The Bertz CT molecular complexity index is 1440. The molecule has 1 amide bonds. The van der Waals surface area contributed by atoms with Crippen molar-refractivity contribution in [2.24, 2.45) is 0 Å². The van der Waals surface area contributed by atoms with Gasteiger partial charge in [-0.2, -0.15) is 0 Å². The Kier molecular flexibility index (Phi) is 8.65. The highest BCUT2D eigenvalue weighted by Gasteiger charge is 2.33. The molecule has 39 heavy (non-hydrogen) atoms. The van der Waals surface area contributed by atoms with E-state index in [1.54, 1.807) is 10.9 Å². The Morgan fingerprint density at radius 2 is 1.74 bits per heavy atom. The zero-order chi connectivity index (χ0) is 27.4. The zero-order valence-electron chi connectivity index (χ0n) is 21.4. The van der Waals surface area contributed by atoms with Gasteiger partial charge in [0.05, 0.1) is 31.7 Å². The number of hydrogen-bond acceptors (Lipinski definition) is 5. The maximum Gasteiger partial charge on any atom is 0.217 e. The molecule has 4 aromatic rings. The fraction of sp³-hybridized carbons (Fsp3) is 0.267. The predicted octanol–water partition coefficient (Wildman–Crippen LogP) is 6.23. The normalized spacial score (nSPS) is 19.1. The van der Waals surface area contributed by atoms with E-state index >= 15 is 0 Å². The molecule has 1 aliphatic rings. The van der Waals surface area contributed by atoms with Crippen molar-refractivity contribution in [1.82, 2.24) is 14.9 Å². The molecule has 1 saturated heterocycles. The summed E-state index contributed by atoms with van der Waals surface area (Å²) in [6.45, 7) is 2.43. The summed E-state index contributed by atoms with van der Waals surface area (Å²) in [4.78, 5) is 15.4. The van der Waals surface area contributed by atoms with Crippen LogP contribution in [0.1, 0.15) is 48.0 Å². The van der Waals surface area contributed by atoms with Gasteiger partial charge in [-0.25, -0.2) is 4.98 Å². The second kappa shape index (κ2) is 12.3. The van der Waals surface area contributed by atoms with E-state index in [1.807, 2.05) is 60.7 Å². The number of imidazole rings is 1. The third-order valence-electron chi connectivity index (χ3n) is 6.71. The first kappa shape index (κ1) is 27.4. The Balaban J connectivity index is 1.42. The van der Waals surface area contributed by atoms with Crippen LogP contribution in [0.3, 0.4) is 0 Å². The summed E-state index contributed by atoms with van der Waals surface area (Å²) in [5.74, 6) is -0.0663. The number of aromatic nitrogens is 2. The molecule has 2 heterocycles. The van der Waals surface area contributed by atoms with E-state index in [2.05, 4.69) is 22.4 Å². The van der Waals surface area contributed by atoms with Crippen LogP contribution in [-0.2, 0) is 34.0 Å². The quantitative estimate of drug-likeness (QED) is 0.264. The highest BCUT2D eigenvalue weighted by atomic mass is 35.5. The van der Waals surface area contributed by atoms with Crippen molar-refractivity contribution in [2.75, 3.05) is 0 Å². The van der Waals surface area contributed by atoms with Crippen LogP contribution in [0.4, 0.5) is 0 Å². The summed E-state index contributed by atoms with van der Waals surface area (Å²) < 4.78 is 14.7. The molecule has 9 heteroatoms. The Morgan fingerprint density at radius 1 is 1.00 bits per heavy atom. The minimum absolute atomic E-state index is 0.0150. The number of benzene rings is 3. The smallest absolute Gasteiger partial charge is 0.217 e. The SMILES string of the molecule is CC(=O)NCc1cccc(-c2cccc([C@@H]3O[C@H](Cn4cnc(Cl)c4Cl)C[C@H](c4ccc(CO)cc4)O3)c2)c1. The van der Waals surface area contributed by atoms with E-state index in [4.69, 9.17) is 32.7 Å². The molecule has 5 rings (SSSR count). The molecule has 202 valence electrons. The molecule has 0 aliphatic carbocycles. The van der Waals surface area contributed by atoms with Gasteiger partial charge in [-0.1, -0.05) is 83.9 Å². The van der Waals surface area contributed by atoms with Gasteiger partial charge in [0.1, 0.15) is 5.15 Å². The van der Waals surface area contributed by atoms with Crippen molar-refractivity contribution in [3.05, 3.63) is 112 Å². The lowest BCUT2D eigenvalue weighted by molar-refractivity contribution is -0.252. The average molecular weight is 566 g/mol. The zero-order valence-corrected chi connectivity index (χ0v) is 22.9. The van der Waals surface area contributed by atoms with Crippen LogP contribution in [0, 0.1) is 0 Å². The molecular formula is C30H29Cl2N3O4. The number of nitrogens with zero attached hydrogens (tertiary/aromatic N) is 2. The van der Waals surface area contributed by atoms with Crippen molar-refractivity contribution in [3.8, 4) is 11.1 Å². The maximum atomic E-state index is 11.3. The molecule has 7 nitrogen and oxygen atoms in total. The fourth-order valence-corrected chi connectivity index (χ4v) is 4.99. The fourth-order valence-electron chi connectivity index (χ4n) is 4.67. The first-order chi connectivity index (χ1) is 18.9. The van der Waals surface area contributed by atoms with Gasteiger partial charge in [-0.3, -0.25) is 4.79 Å². The second-order valence-corrected chi connectivity index (χ2v) is 10.3. The molecule has 0 bridgehead atoms. The van der Waals surface area contributed by atoms with E-state index in [1.165, 1.54) is 6.92 Å². The van der Waals surface area contributed by atoms with Crippen LogP contribution >= 0.6 is 23.2 Å². The molecule has 0 unspecified atom stereocenters. The predicted molar refractivity (Wildman–Crippen MR) is 150 cm³/mol. The molecule has 0 saturated carbocycles. The highest BCUT2D eigenvalue weighted by molar-refractivity contribution is 6.40. The van der Waals surface area contributed by atoms with Crippen LogP contribution in [0.15, 0.2) is 79.1 Å². The summed E-state index contributed by atoms with van der Waals surface area (Å²) >= 11 is 12.4. The first-order valence-electron chi connectivity index (χ1n) is 12.7. The van der Waals surface area contributed by atoms with E-state index in [9.17, 15) is 9.90 Å². The topological polar surface area (TPSA) is 85.6 Å². The number of carbonyl (C=O) groups excluding carboxylic acids is 1. The van der Waals surface area contributed by atoms with Gasteiger partial charge < -0.3 is 24.5 Å². The van der Waals surface area contributed by atoms with Crippen molar-refractivity contribution >= 4 is 29.1 Å². The Morgan fingerprint density at radius 3 is 2.44 bits per heavy atom. The summed E-state index contributed by atoms with van der Waals surface area (Å²) in [5, 5.41) is 12.9. The molecule has 0 spiro atoms. The van der Waals surface area contributed by atoms with Crippen LogP contribution < -0.4 is 5.32 Å². The summed E-state index contributed by atoms with van der Waals surface area (Å²) in [6.07, 6.45) is 1.14. The second-order valence-electron chi connectivity index (χ2n) is 9.56. The summed E-state index contributed by atoms with van der Waals surface area (Å²) in [5.41, 5.74) is 5.79. The summed E-state index contributed by atoms with van der Waals surface area (Å²) in [7, 11) is 0. The number of aliphatic hydroxyl groups excluding tert-OH is 1. The number of carbonyl (C=O) groups is 1. The molecule has 1 aromatic heterocycles. The molecule has 1 aliphatic heterocycles. The van der Waals surface area contributed by atoms with E-state index < -0.39 is 6.29 Å². The number of nitrogens with one attached hydrogen (secondary N) is 1. The largest absolute Gasteiger partial charge is 0.392 e. The molecular weight excluding hydrogens is 537 g/mol. The highest BCUT2D eigenvalue weighted by Crippen LogP contribution is 2.39. The van der Waals surface area contributed by atoms with E-state index in [0.29, 0.717) is 24.7 Å². The molecule has 2 N–H and O–H groups in total. The van der Waals surface area contributed by atoms with E-state index in [-0.39, 0.29) is 29.9 Å². The standard InChI is InChI=1S/C30H29Cl2N3O4/c1-19(37)33-15-21-4-2-5-23(12-21)24-6-3-7-25(13-24)30-38-26(16-35-18-34-28(31)29(35)32)14-27(39-30)22-10-8-20(17-36)9-11-22/h2-13,18,26-27,30,36H,14-17H2,1H3,(H,33,37)/t26-,27+,30+/m0/s1.